The summed E-state index contributed by atoms with van der Waals surface area (Å²) in [5.41, 5.74) is 16.0. The molecule has 0 spiro atoms. The summed E-state index contributed by atoms with van der Waals surface area (Å²) in [6, 6.07) is 0.711. The molecule has 134 valence electrons. The minimum Gasteiger partial charge on any atom is -0.402 e. The van der Waals surface area contributed by atoms with Gasteiger partial charge in [0.15, 0.2) is 0 Å². The molecule has 4 heteroatoms. The molecule has 2 heterocycles. The molecule has 0 saturated carbocycles. The van der Waals surface area contributed by atoms with Gasteiger partial charge in [-0.1, -0.05) is 36.5 Å². The lowest BCUT2D eigenvalue weighted by Crippen LogP contribution is -2.31. The smallest absolute Gasteiger partial charge is 0.0602 e. The second kappa shape index (κ2) is 9.02. The van der Waals surface area contributed by atoms with Crippen molar-refractivity contribution in [1.82, 2.24) is 10.2 Å². The summed E-state index contributed by atoms with van der Waals surface area (Å²) in [5, 5.41) is 3.42. The molecule has 0 radical (unpaired) electrons. The molecule has 2 unspecified atom stereocenters. The molecule has 0 aromatic carbocycles. The number of allylic oxidation sites excluding steroid dienone is 8. The maximum absolute atomic E-state index is 6.19. The van der Waals surface area contributed by atoms with Crippen LogP contribution in [0.25, 0.3) is 0 Å². The van der Waals surface area contributed by atoms with E-state index in [0.29, 0.717) is 12.1 Å². The van der Waals surface area contributed by atoms with Gasteiger partial charge in [0.2, 0.25) is 0 Å². The molecular weight excluding hydrogens is 308 g/mol. The van der Waals surface area contributed by atoms with E-state index in [-0.39, 0.29) is 0 Å². The number of nitrogens with zero attached hydrogens (tertiary/aromatic N) is 1. The maximum atomic E-state index is 6.19. The van der Waals surface area contributed by atoms with Gasteiger partial charge < -0.3 is 21.7 Å². The minimum absolute atomic E-state index is 0.345. The Morgan fingerprint density at radius 2 is 1.92 bits per heavy atom. The van der Waals surface area contributed by atoms with Crippen LogP contribution in [0, 0.1) is 0 Å². The molecule has 25 heavy (non-hydrogen) atoms. The van der Waals surface area contributed by atoms with E-state index in [4.69, 9.17) is 11.5 Å². The van der Waals surface area contributed by atoms with Crippen molar-refractivity contribution >= 4 is 0 Å². The Bertz CT molecular complexity index is 674. The highest BCUT2D eigenvalue weighted by Gasteiger charge is 2.14. The molecule has 0 aromatic rings. The standard InChI is InChI=1S/C21H30N4/c1-16-8-6-12-19(24-16)11-5-4-10-18(22)14-15-20(23)21-13-7-9-17(2)25(21)3/h4-9,12-15,17,19,24H,10-11,22-23H2,1-3H3/b5-4-,18-14-,20-15-. The molecule has 4 nitrogen and oxygen atoms in total. The first kappa shape index (κ1) is 18.7. The van der Waals surface area contributed by atoms with E-state index in [2.05, 4.69) is 60.5 Å². The van der Waals surface area contributed by atoms with Crippen LogP contribution in [0.2, 0.25) is 0 Å². The topological polar surface area (TPSA) is 67.3 Å². The van der Waals surface area contributed by atoms with E-state index in [1.54, 1.807) is 0 Å². The zero-order valence-corrected chi connectivity index (χ0v) is 15.4. The molecule has 0 amide bonds. The van der Waals surface area contributed by atoms with Gasteiger partial charge in [-0.15, -0.1) is 0 Å². The fraction of sp³-hybridized carbons (Fsp3) is 0.333. The number of rotatable bonds is 6. The third-order valence-electron chi connectivity index (χ3n) is 4.42. The van der Waals surface area contributed by atoms with Crippen molar-refractivity contribution in [2.75, 3.05) is 7.05 Å². The van der Waals surface area contributed by atoms with Gasteiger partial charge in [0.05, 0.1) is 11.4 Å². The van der Waals surface area contributed by atoms with Gasteiger partial charge in [-0.05, 0) is 44.6 Å². The van der Waals surface area contributed by atoms with E-state index in [1.165, 1.54) is 5.70 Å². The predicted octanol–water partition coefficient (Wildman–Crippen LogP) is 3.21. The van der Waals surface area contributed by atoms with Gasteiger partial charge in [-0.3, -0.25) is 0 Å². The van der Waals surface area contributed by atoms with E-state index < -0.39 is 0 Å². The second-order valence-corrected chi connectivity index (χ2v) is 6.55. The van der Waals surface area contributed by atoms with E-state index in [0.717, 1.165) is 29.9 Å². The van der Waals surface area contributed by atoms with Crippen LogP contribution in [0.15, 0.2) is 83.5 Å². The van der Waals surface area contributed by atoms with Crippen molar-refractivity contribution in [3.05, 3.63) is 83.5 Å². The van der Waals surface area contributed by atoms with Crippen LogP contribution in [0.3, 0.4) is 0 Å². The van der Waals surface area contributed by atoms with E-state index in [9.17, 15) is 0 Å². The zero-order chi connectivity index (χ0) is 18.2. The van der Waals surface area contributed by atoms with E-state index >= 15 is 0 Å². The molecule has 2 atom stereocenters. The fourth-order valence-corrected chi connectivity index (χ4v) is 2.75. The third-order valence-corrected chi connectivity index (χ3v) is 4.42. The van der Waals surface area contributed by atoms with Crippen molar-refractivity contribution < 1.29 is 0 Å². The van der Waals surface area contributed by atoms with Crippen LogP contribution in [0.5, 0.6) is 0 Å². The number of hydrogen-bond donors (Lipinski definition) is 3. The van der Waals surface area contributed by atoms with Gasteiger partial charge in [-0.2, -0.15) is 0 Å². The first-order valence-electron chi connectivity index (χ1n) is 8.77. The molecule has 2 aliphatic heterocycles. The lowest BCUT2D eigenvalue weighted by atomic mass is 10.1. The van der Waals surface area contributed by atoms with Crippen LogP contribution in [-0.2, 0) is 0 Å². The Hall–Kier alpha value is -2.62. The first-order chi connectivity index (χ1) is 12.0. The van der Waals surface area contributed by atoms with Gasteiger partial charge in [0.25, 0.3) is 0 Å². The largest absolute Gasteiger partial charge is 0.402 e. The molecule has 0 bridgehead atoms. The molecule has 0 aliphatic carbocycles. The summed E-state index contributed by atoms with van der Waals surface area (Å²) in [7, 11) is 2.04. The Kier molecular flexibility index (Phi) is 6.75. The average molecular weight is 338 g/mol. The van der Waals surface area contributed by atoms with Gasteiger partial charge in [0.1, 0.15) is 0 Å². The number of nitrogens with two attached hydrogens (primary N) is 2. The Labute approximate surface area is 151 Å². The quantitative estimate of drug-likeness (QED) is 0.514. The molecule has 2 rings (SSSR count). The van der Waals surface area contributed by atoms with Crippen LogP contribution in [-0.4, -0.2) is 24.0 Å². The lowest BCUT2D eigenvalue weighted by molar-refractivity contribution is 0.374. The molecule has 0 aromatic heterocycles. The summed E-state index contributed by atoms with van der Waals surface area (Å²) in [6.07, 6.45) is 22.3. The summed E-state index contributed by atoms with van der Waals surface area (Å²) < 4.78 is 0. The summed E-state index contributed by atoms with van der Waals surface area (Å²) in [5.74, 6) is 0. The Morgan fingerprint density at radius 1 is 1.16 bits per heavy atom. The number of nitrogens with one attached hydrogen (secondary N) is 1. The van der Waals surface area contributed by atoms with Crippen molar-refractivity contribution in [1.29, 1.82) is 0 Å². The maximum Gasteiger partial charge on any atom is 0.0602 e. The normalized spacial score (nSPS) is 24.4. The fourth-order valence-electron chi connectivity index (χ4n) is 2.75. The van der Waals surface area contributed by atoms with Crippen LogP contribution >= 0.6 is 0 Å². The van der Waals surface area contributed by atoms with Crippen molar-refractivity contribution in [2.24, 2.45) is 11.5 Å². The monoisotopic (exact) mass is 338 g/mol. The minimum atomic E-state index is 0.345. The summed E-state index contributed by atoms with van der Waals surface area (Å²) >= 11 is 0. The molecule has 2 aliphatic rings. The predicted molar refractivity (Wildman–Crippen MR) is 107 cm³/mol. The highest BCUT2D eigenvalue weighted by molar-refractivity contribution is 5.36. The highest BCUT2D eigenvalue weighted by Crippen LogP contribution is 2.18. The molecule has 0 fully saturated rings. The third kappa shape index (κ3) is 5.75. The highest BCUT2D eigenvalue weighted by atomic mass is 15.1. The first-order valence-corrected chi connectivity index (χ1v) is 8.77. The number of hydrogen-bond acceptors (Lipinski definition) is 4. The lowest BCUT2D eigenvalue weighted by Gasteiger charge is -2.29. The Balaban J connectivity index is 1.84. The van der Waals surface area contributed by atoms with E-state index in [1.807, 2.05) is 31.4 Å². The van der Waals surface area contributed by atoms with Gasteiger partial charge in [0, 0.05) is 36.9 Å². The number of likely N-dealkylation sites (N-methyl/N-ethyl adjacent to an activating group) is 1. The average Bonchev–Trinajstić information content (AvgIpc) is 2.59. The van der Waals surface area contributed by atoms with Crippen molar-refractivity contribution in [2.45, 2.75) is 38.8 Å². The zero-order valence-electron chi connectivity index (χ0n) is 15.4. The molecule has 5 N–H and O–H groups in total. The summed E-state index contributed by atoms with van der Waals surface area (Å²) in [4.78, 5) is 2.15. The van der Waals surface area contributed by atoms with Crippen LogP contribution in [0.1, 0.15) is 26.7 Å². The SMILES string of the molecule is CC1=CC=CC(C/C=C\C/C(N)=C/C=C(\N)C2=CC=CC(C)N2C)N1. The van der Waals surface area contributed by atoms with Crippen molar-refractivity contribution in [3.63, 3.8) is 0 Å². The second-order valence-electron chi connectivity index (χ2n) is 6.55. The summed E-state index contributed by atoms with van der Waals surface area (Å²) in [6.45, 7) is 4.22. The number of dihydropyridines is 1. The molecular formula is C21H30N4. The van der Waals surface area contributed by atoms with Gasteiger partial charge >= 0.3 is 0 Å². The van der Waals surface area contributed by atoms with Crippen LogP contribution < -0.4 is 16.8 Å². The van der Waals surface area contributed by atoms with Gasteiger partial charge in [-0.25, -0.2) is 0 Å². The molecule has 0 saturated heterocycles. The van der Waals surface area contributed by atoms with Crippen LogP contribution in [0.4, 0.5) is 0 Å². The van der Waals surface area contributed by atoms with Crippen molar-refractivity contribution in [3.8, 4) is 0 Å². The Morgan fingerprint density at radius 3 is 2.68 bits per heavy atom.